The van der Waals surface area contributed by atoms with E-state index in [-0.39, 0.29) is 29.4 Å². The number of esters is 1. The third-order valence-corrected chi connectivity index (χ3v) is 6.07. The number of para-hydroxylation sites is 1. The van der Waals surface area contributed by atoms with E-state index in [1.54, 1.807) is 4.90 Å². The van der Waals surface area contributed by atoms with Gasteiger partial charge in [0.15, 0.2) is 6.10 Å². The van der Waals surface area contributed by atoms with Gasteiger partial charge in [0.25, 0.3) is 5.91 Å². The number of hydrogen-bond donors (Lipinski definition) is 1. The maximum atomic E-state index is 13.3. The fourth-order valence-electron chi connectivity index (χ4n) is 4.84. The molecule has 1 aromatic carbocycles. The van der Waals surface area contributed by atoms with Crippen molar-refractivity contribution in [2.24, 2.45) is 5.92 Å². The molecule has 1 amide bonds. The summed E-state index contributed by atoms with van der Waals surface area (Å²) in [5, 5.41) is 3.55. The van der Waals surface area contributed by atoms with Gasteiger partial charge in [-0.3, -0.25) is 4.79 Å². The number of anilines is 1. The van der Waals surface area contributed by atoms with Crippen LogP contribution < -0.4 is 5.32 Å². The maximum absolute atomic E-state index is 13.3. The van der Waals surface area contributed by atoms with E-state index >= 15 is 0 Å². The molecule has 0 saturated carbocycles. The van der Waals surface area contributed by atoms with Crippen molar-refractivity contribution in [3.05, 3.63) is 41.5 Å². The van der Waals surface area contributed by atoms with Crippen molar-refractivity contribution in [1.82, 2.24) is 4.90 Å². The van der Waals surface area contributed by atoms with Crippen LogP contribution in [-0.4, -0.2) is 35.1 Å². The number of fused-ring (bicyclic) bond motifs is 5. The van der Waals surface area contributed by atoms with E-state index in [0.717, 1.165) is 12.1 Å². The van der Waals surface area contributed by atoms with Gasteiger partial charge in [-0.2, -0.15) is 0 Å². The Labute approximate surface area is 160 Å². The lowest BCUT2D eigenvalue weighted by molar-refractivity contribution is -0.178. The van der Waals surface area contributed by atoms with Crippen LogP contribution in [0.2, 0.25) is 0 Å². The summed E-state index contributed by atoms with van der Waals surface area (Å²) in [5.41, 5.74) is 3.21. The van der Waals surface area contributed by atoms with Crippen molar-refractivity contribution < 1.29 is 14.3 Å². The highest BCUT2D eigenvalue weighted by molar-refractivity contribution is 5.94. The summed E-state index contributed by atoms with van der Waals surface area (Å²) in [4.78, 5) is 27.8. The summed E-state index contributed by atoms with van der Waals surface area (Å²) in [6, 6.07) is 7.73. The molecule has 5 nitrogen and oxygen atoms in total. The van der Waals surface area contributed by atoms with Gasteiger partial charge in [-0.1, -0.05) is 43.7 Å². The van der Waals surface area contributed by atoms with E-state index in [0.29, 0.717) is 12.8 Å². The van der Waals surface area contributed by atoms with Gasteiger partial charge in [0.2, 0.25) is 0 Å². The molecule has 3 heterocycles. The van der Waals surface area contributed by atoms with E-state index in [1.807, 2.05) is 26.0 Å². The Balaban J connectivity index is 1.76. The minimum absolute atomic E-state index is 0.0577. The molecule has 2 saturated heterocycles. The third kappa shape index (κ3) is 2.75. The molecule has 2 fully saturated rings. The lowest BCUT2D eigenvalue weighted by Crippen LogP contribution is -2.58. The van der Waals surface area contributed by atoms with E-state index in [9.17, 15) is 9.59 Å². The third-order valence-electron chi connectivity index (χ3n) is 6.07. The van der Waals surface area contributed by atoms with E-state index in [1.165, 1.54) is 11.1 Å². The Morgan fingerprint density at radius 2 is 2.07 bits per heavy atom. The number of allylic oxidation sites excluding steroid dienone is 2. The number of nitrogens with zero attached hydrogens (tertiary/aromatic N) is 1. The first kappa shape index (κ1) is 18.1. The summed E-state index contributed by atoms with van der Waals surface area (Å²) in [5.74, 6) is -0.0294. The second kappa shape index (κ2) is 6.39. The zero-order valence-electron chi connectivity index (χ0n) is 16.5. The van der Waals surface area contributed by atoms with E-state index in [2.05, 4.69) is 37.4 Å². The number of hydrogen-bond acceptors (Lipinski definition) is 4. The summed E-state index contributed by atoms with van der Waals surface area (Å²) >= 11 is 0. The molecular formula is C22H28N2O3. The van der Waals surface area contributed by atoms with Crippen molar-refractivity contribution in [2.75, 3.05) is 5.32 Å². The Hall–Kier alpha value is -2.30. The number of benzene rings is 1. The van der Waals surface area contributed by atoms with Gasteiger partial charge in [0, 0.05) is 11.1 Å². The van der Waals surface area contributed by atoms with Crippen LogP contribution in [0.25, 0.3) is 0 Å². The Morgan fingerprint density at radius 3 is 2.78 bits per heavy atom. The number of carbonyl (C=O) groups is 2. The van der Waals surface area contributed by atoms with Crippen LogP contribution in [0.1, 0.15) is 52.5 Å². The molecule has 0 aromatic heterocycles. The topological polar surface area (TPSA) is 58.6 Å². The lowest BCUT2D eigenvalue weighted by Gasteiger charge is -2.38. The number of nitrogens with one attached hydrogen (secondary N) is 1. The number of carbonyl (C=O) groups excluding carboxylic acids is 2. The first-order chi connectivity index (χ1) is 12.8. The Morgan fingerprint density at radius 1 is 1.33 bits per heavy atom. The lowest BCUT2D eigenvalue weighted by atomic mass is 9.75. The molecule has 27 heavy (non-hydrogen) atoms. The molecule has 0 radical (unpaired) electrons. The van der Waals surface area contributed by atoms with Crippen LogP contribution in [-0.2, 0) is 19.7 Å². The molecule has 0 spiro atoms. The average molecular weight is 368 g/mol. The summed E-state index contributed by atoms with van der Waals surface area (Å²) in [6.07, 6.45) is 3.31. The first-order valence-corrected chi connectivity index (χ1v) is 9.85. The molecule has 3 aliphatic rings. The second-order valence-electron chi connectivity index (χ2n) is 8.75. The number of ether oxygens (including phenoxy) is 1. The SMILES string of the molecule is CC(C)=CC[C@@]12C[C@@H]3C(=O)O[C@H](CC(C)C)C(=O)N3[C@@H]1Nc1ccccc12. The standard InChI is InChI=1S/C22H28N2O3/c1-13(2)9-10-22-12-17-20(26)27-18(11-14(3)4)19(25)24(17)21(22)23-16-8-6-5-7-15(16)22/h5-9,14,17-18,21,23H,10-12H2,1-4H3/t17-,18-,21+,22+/m1/s1. The van der Waals surface area contributed by atoms with E-state index in [4.69, 9.17) is 4.74 Å². The minimum atomic E-state index is -0.668. The summed E-state index contributed by atoms with van der Waals surface area (Å²) in [7, 11) is 0. The first-order valence-electron chi connectivity index (χ1n) is 9.85. The fraction of sp³-hybridized carbons (Fsp3) is 0.545. The molecule has 0 unspecified atom stereocenters. The smallest absolute Gasteiger partial charge is 0.329 e. The van der Waals surface area contributed by atoms with Crippen molar-refractivity contribution in [3.8, 4) is 0 Å². The Bertz CT molecular complexity index is 812. The predicted octanol–water partition coefficient (Wildman–Crippen LogP) is 3.60. The van der Waals surface area contributed by atoms with Crippen LogP contribution in [0.5, 0.6) is 0 Å². The molecule has 0 bridgehead atoms. The molecule has 0 aliphatic carbocycles. The van der Waals surface area contributed by atoms with Gasteiger partial charge in [0.1, 0.15) is 12.2 Å². The molecule has 5 heteroatoms. The highest BCUT2D eigenvalue weighted by Crippen LogP contribution is 2.54. The number of rotatable bonds is 4. The largest absolute Gasteiger partial charge is 0.451 e. The molecule has 3 aliphatic heterocycles. The highest BCUT2D eigenvalue weighted by Gasteiger charge is 2.63. The van der Waals surface area contributed by atoms with Crippen molar-refractivity contribution in [2.45, 2.75) is 70.7 Å². The second-order valence-corrected chi connectivity index (χ2v) is 8.75. The molecule has 4 atom stereocenters. The molecule has 1 aromatic rings. The quantitative estimate of drug-likeness (QED) is 0.652. The summed E-state index contributed by atoms with van der Waals surface area (Å²) < 4.78 is 5.57. The minimum Gasteiger partial charge on any atom is -0.451 e. The van der Waals surface area contributed by atoms with Gasteiger partial charge in [0.05, 0.1) is 0 Å². The van der Waals surface area contributed by atoms with Crippen LogP contribution in [0.4, 0.5) is 5.69 Å². The van der Waals surface area contributed by atoms with Crippen molar-refractivity contribution >= 4 is 17.6 Å². The monoisotopic (exact) mass is 368 g/mol. The molecule has 144 valence electrons. The van der Waals surface area contributed by atoms with E-state index < -0.39 is 12.1 Å². The number of amides is 1. The zero-order chi connectivity index (χ0) is 19.3. The average Bonchev–Trinajstić information content (AvgIpc) is 3.09. The normalized spacial score (nSPS) is 31.1. The van der Waals surface area contributed by atoms with Crippen LogP contribution in [0.3, 0.4) is 0 Å². The van der Waals surface area contributed by atoms with Crippen LogP contribution in [0, 0.1) is 5.92 Å². The molecule has 1 N–H and O–H groups in total. The molecule has 4 rings (SSSR count). The van der Waals surface area contributed by atoms with Gasteiger partial charge < -0.3 is 15.0 Å². The van der Waals surface area contributed by atoms with Gasteiger partial charge in [-0.05, 0) is 50.7 Å². The van der Waals surface area contributed by atoms with Gasteiger partial charge >= 0.3 is 5.97 Å². The van der Waals surface area contributed by atoms with Crippen molar-refractivity contribution in [3.63, 3.8) is 0 Å². The van der Waals surface area contributed by atoms with Crippen molar-refractivity contribution in [1.29, 1.82) is 0 Å². The fourth-order valence-corrected chi connectivity index (χ4v) is 4.84. The highest BCUT2D eigenvalue weighted by atomic mass is 16.6. The maximum Gasteiger partial charge on any atom is 0.329 e. The summed E-state index contributed by atoms with van der Waals surface area (Å²) in [6.45, 7) is 8.25. The van der Waals surface area contributed by atoms with Crippen LogP contribution in [0.15, 0.2) is 35.9 Å². The van der Waals surface area contributed by atoms with Gasteiger partial charge in [-0.25, -0.2) is 4.79 Å². The zero-order valence-corrected chi connectivity index (χ0v) is 16.5. The van der Waals surface area contributed by atoms with Gasteiger partial charge in [-0.15, -0.1) is 0 Å². The number of cyclic esters (lactones) is 1. The Kier molecular flexibility index (Phi) is 4.28. The molecular weight excluding hydrogens is 340 g/mol. The number of morpholine rings is 1. The van der Waals surface area contributed by atoms with Crippen LogP contribution >= 0.6 is 0 Å². The predicted molar refractivity (Wildman–Crippen MR) is 104 cm³/mol.